The van der Waals surface area contributed by atoms with Gasteiger partial charge in [-0.2, -0.15) is 0 Å². The second kappa shape index (κ2) is 9.46. The van der Waals surface area contributed by atoms with E-state index in [2.05, 4.69) is 11.1 Å². The number of carbonyl (C=O) groups is 2. The predicted molar refractivity (Wildman–Crippen MR) is 125 cm³/mol. The second-order valence-corrected chi connectivity index (χ2v) is 10.7. The van der Waals surface area contributed by atoms with E-state index in [-0.39, 0.29) is 24.0 Å². The first-order valence-electron chi connectivity index (χ1n) is 12.6. The van der Waals surface area contributed by atoms with Crippen molar-refractivity contribution >= 4 is 12.0 Å². The average molecular weight is 472 g/mol. The summed E-state index contributed by atoms with van der Waals surface area (Å²) in [5, 5.41) is 0. The Labute approximate surface area is 201 Å². The van der Waals surface area contributed by atoms with Gasteiger partial charge in [-0.05, 0) is 61.5 Å². The van der Waals surface area contributed by atoms with Crippen LogP contribution in [0, 0.1) is 30.1 Å². The van der Waals surface area contributed by atoms with E-state index in [1.54, 1.807) is 12.0 Å². The average Bonchev–Trinajstić information content (AvgIpc) is 3.37. The van der Waals surface area contributed by atoms with Gasteiger partial charge in [-0.25, -0.2) is 4.79 Å². The zero-order valence-corrected chi connectivity index (χ0v) is 20.6. The van der Waals surface area contributed by atoms with Crippen LogP contribution in [0.15, 0.2) is 12.3 Å². The number of hydrogen-bond donors (Lipinski definition) is 0. The molecule has 0 aromatic carbocycles. The predicted octanol–water partition coefficient (Wildman–Crippen LogP) is 2.81. The van der Waals surface area contributed by atoms with Crippen LogP contribution in [-0.4, -0.2) is 80.0 Å². The summed E-state index contributed by atoms with van der Waals surface area (Å²) < 4.78 is 16.4. The van der Waals surface area contributed by atoms with Gasteiger partial charge in [0, 0.05) is 58.2 Å². The number of pyridine rings is 1. The van der Waals surface area contributed by atoms with Gasteiger partial charge in [0.25, 0.3) is 0 Å². The summed E-state index contributed by atoms with van der Waals surface area (Å²) in [5.41, 5.74) is 2.84. The van der Waals surface area contributed by atoms with Gasteiger partial charge in [0.15, 0.2) is 0 Å². The lowest BCUT2D eigenvalue weighted by molar-refractivity contribution is -0.144. The van der Waals surface area contributed by atoms with E-state index in [9.17, 15) is 9.59 Å². The highest BCUT2D eigenvalue weighted by Gasteiger charge is 2.59. The van der Waals surface area contributed by atoms with Crippen molar-refractivity contribution in [3.05, 3.63) is 29.1 Å². The summed E-state index contributed by atoms with van der Waals surface area (Å²) >= 11 is 0. The summed E-state index contributed by atoms with van der Waals surface area (Å²) in [6, 6.07) is 2.15. The van der Waals surface area contributed by atoms with Gasteiger partial charge >= 0.3 is 6.09 Å². The third-order valence-corrected chi connectivity index (χ3v) is 8.67. The number of hydrogen-bond acceptors (Lipinski definition) is 6. The molecule has 0 N–H and O–H groups in total. The summed E-state index contributed by atoms with van der Waals surface area (Å²) in [6.45, 7) is 5.81. The molecule has 5 atom stereocenters. The molecule has 0 radical (unpaired) electrons. The number of aryl methyl sites for hydroxylation is 1. The lowest BCUT2D eigenvalue weighted by Gasteiger charge is -2.37. The van der Waals surface area contributed by atoms with Gasteiger partial charge < -0.3 is 24.0 Å². The third-order valence-electron chi connectivity index (χ3n) is 8.67. The van der Waals surface area contributed by atoms with E-state index in [0.29, 0.717) is 44.6 Å². The van der Waals surface area contributed by atoms with Crippen molar-refractivity contribution in [2.24, 2.45) is 23.2 Å². The van der Waals surface area contributed by atoms with Crippen molar-refractivity contribution in [3.63, 3.8) is 0 Å². The number of fused-ring (bicyclic) bond motifs is 2. The second-order valence-electron chi connectivity index (χ2n) is 10.7. The molecule has 186 valence electrons. The first-order valence-corrected chi connectivity index (χ1v) is 12.6. The van der Waals surface area contributed by atoms with Crippen LogP contribution in [0.3, 0.4) is 0 Å². The Morgan fingerprint density at radius 1 is 1.29 bits per heavy atom. The van der Waals surface area contributed by atoms with Crippen molar-refractivity contribution in [2.45, 2.75) is 51.7 Å². The first-order chi connectivity index (χ1) is 16.4. The van der Waals surface area contributed by atoms with E-state index in [0.717, 1.165) is 55.5 Å². The summed E-state index contributed by atoms with van der Waals surface area (Å²) in [6.07, 6.45) is 6.34. The minimum atomic E-state index is -0.526. The highest BCUT2D eigenvalue weighted by Crippen LogP contribution is 2.54. The quantitative estimate of drug-likeness (QED) is 0.672. The molecule has 2 amide bonds. The molecule has 1 aromatic heterocycles. The van der Waals surface area contributed by atoms with Crippen LogP contribution in [0.2, 0.25) is 0 Å². The summed E-state index contributed by atoms with van der Waals surface area (Å²) in [5.74, 6) is 1.29. The lowest BCUT2D eigenvalue weighted by atomic mass is 9.78. The Balaban J connectivity index is 1.36. The molecule has 34 heavy (non-hydrogen) atoms. The first kappa shape index (κ1) is 23.5. The Morgan fingerprint density at radius 2 is 2.15 bits per heavy atom. The summed E-state index contributed by atoms with van der Waals surface area (Å²) in [4.78, 5) is 35.0. The molecule has 3 fully saturated rings. The van der Waals surface area contributed by atoms with Crippen molar-refractivity contribution < 1.29 is 23.8 Å². The number of rotatable bonds is 4. The Kier molecular flexibility index (Phi) is 6.55. The molecule has 8 heteroatoms. The number of likely N-dealkylation sites (tertiary alicyclic amines) is 1. The van der Waals surface area contributed by atoms with Crippen LogP contribution < -0.4 is 0 Å². The molecule has 2 unspecified atom stereocenters. The lowest BCUT2D eigenvalue weighted by Crippen LogP contribution is -2.49. The third kappa shape index (κ3) is 4.19. The van der Waals surface area contributed by atoms with Gasteiger partial charge in [-0.15, -0.1) is 0 Å². The zero-order valence-electron chi connectivity index (χ0n) is 20.6. The molecule has 1 aliphatic carbocycles. The highest BCUT2D eigenvalue weighted by atomic mass is 16.5. The van der Waals surface area contributed by atoms with Gasteiger partial charge in [-0.3, -0.25) is 9.78 Å². The van der Waals surface area contributed by atoms with Crippen molar-refractivity contribution in [2.75, 3.05) is 47.1 Å². The number of amides is 2. The molecule has 8 nitrogen and oxygen atoms in total. The minimum absolute atomic E-state index is 0.127. The fourth-order valence-corrected chi connectivity index (χ4v) is 7.03. The van der Waals surface area contributed by atoms with Crippen LogP contribution >= 0.6 is 0 Å². The molecular weight excluding hydrogens is 434 g/mol. The summed E-state index contributed by atoms with van der Waals surface area (Å²) in [7, 11) is 3.18. The van der Waals surface area contributed by atoms with Crippen LogP contribution in [0.1, 0.15) is 42.5 Å². The molecule has 0 bridgehead atoms. The van der Waals surface area contributed by atoms with Crippen molar-refractivity contribution in [1.82, 2.24) is 14.8 Å². The molecule has 3 aliphatic heterocycles. The SMILES string of the molecule is COC(=O)N1C[C@@H]2C[C@@H](CC3CCOCC3OC)C[C@]2(C(=O)N2CCc3ncc(C)cc3C2)C1. The fourth-order valence-electron chi connectivity index (χ4n) is 7.03. The number of aromatic nitrogens is 1. The Bertz CT molecular complexity index is 939. The maximum atomic E-state index is 14.2. The van der Waals surface area contributed by atoms with Crippen LogP contribution in [0.5, 0.6) is 0 Å². The Hall–Kier alpha value is -2.19. The van der Waals surface area contributed by atoms with Crippen molar-refractivity contribution in [3.8, 4) is 0 Å². The van der Waals surface area contributed by atoms with E-state index in [1.165, 1.54) is 7.11 Å². The maximum absolute atomic E-state index is 14.2. The smallest absolute Gasteiger partial charge is 0.409 e. The zero-order chi connectivity index (χ0) is 23.9. The standard InChI is InChI=1S/C26H37N3O5/c1-17-8-20-13-28(6-4-22(20)27-12-17)24(30)26-11-18(9-19-5-7-34-15-23(19)32-2)10-21(26)14-29(16-26)25(31)33-3/h8,12,18-19,21,23H,4-7,9-11,13-16H2,1-3H3/t18-,19?,21+,23?,26+/m1/s1. The topological polar surface area (TPSA) is 81.2 Å². The van der Waals surface area contributed by atoms with Gasteiger partial charge in [0.2, 0.25) is 5.91 Å². The van der Waals surface area contributed by atoms with E-state index in [4.69, 9.17) is 14.2 Å². The van der Waals surface area contributed by atoms with Gasteiger partial charge in [0.05, 0.1) is 25.2 Å². The number of carbonyl (C=O) groups excluding carboxylic acids is 2. The van der Waals surface area contributed by atoms with Crippen LogP contribution in [0.25, 0.3) is 0 Å². The Morgan fingerprint density at radius 3 is 2.94 bits per heavy atom. The normalized spacial score (nSPS) is 32.9. The van der Waals surface area contributed by atoms with E-state index in [1.807, 2.05) is 18.0 Å². The molecule has 2 saturated heterocycles. The fraction of sp³-hybridized carbons (Fsp3) is 0.731. The molecule has 4 heterocycles. The molecule has 0 spiro atoms. The number of nitrogens with zero attached hydrogens (tertiary/aromatic N) is 3. The van der Waals surface area contributed by atoms with Crippen molar-refractivity contribution in [1.29, 1.82) is 0 Å². The monoisotopic (exact) mass is 471 g/mol. The molecular formula is C26H37N3O5. The number of methoxy groups -OCH3 is 2. The minimum Gasteiger partial charge on any atom is -0.453 e. The van der Waals surface area contributed by atoms with Crippen LogP contribution in [0.4, 0.5) is 4.79 Å². The largest absolute Gasteiger partial charge is 0.453 e. The molecule has 5 rings (SSSR count). The highest BCUT2D eigenvalue weighted by molar-refractivity contribution is 5.85. The van der Waals surface area contributed by atoms with Gasteiger partial charge in [-0.1, -0.05) is 6.07 Å². The maximum Gasteiger partial charge on any atom is 0.409 e. The van der Waals surface area contributed by atoms with Gasteiger partial charge in [0.1, 0.15) is 0 Å². The molecule has 4 aliphatic rings. The number of ether oxygens (including phenoxy) is 3. The molecule has 1 aromatic rings. The molecule has 1 saturated carbocycles. The van der Waals surface area contributed by atoms with E-state index < -0.39 is 5.41 Å². The van der Waals surface area contributed by atoms with E-state index >= 15 is 0 Å². The van der Waals surface area contributed by atoms with Crippen LogP contribution in [-0.2, 0) is 32.0 Å².